The maximum absolute atomic E-state index is 12.8. The third-order valence-electron chi connectivity index (χ3n) is 3.02. The zero-order valence-electron chi connectivity index (χ0n) is 10.7. The molecule has 0 atom stereocenters. The van der Waals surface area contributed by atoms with Gasteiger partial charge in [0.1, 0.15) is 10.7 Å². The van der Waals surface area contributed by atoms with Crippen molar-refractivity contribution in [2.45, 2.75) is 4.90 Å². The van der Waals surface area contributed by atoms with Gasteiger partial charge in [-0.15, -0.1) is 0 Å². The maximum Gasteiger partial charge on any atom is 0.310 e. The van der Waals surface area contributed by atoms with Gasteiger partial charge in [-0.05, 0) is 30.3 Å². The molecule has 118 valence electrons. The second kappa shape index (κ2) is 4.02. The Balaban J connectivity index is 2.14. The summed E-state index contributed by atoms with van der Waals surface area (Å²) in [5.41, 5.74) is 0.723. The van der Waals surface area contributed by atoms with E-state index in [1.165, 1.54) is 0 Å². The Morgan fingerprint density at radius 3 is 2.14 bits per heavy atom. The van der Waals surface area contributed by atoms with Crippen molar-refractivity contribution >= 4 is 37.2 Å². The molecule has 22 heavy (non-hydrogen) atoms. The van der Waals surface area contributed by atoms with Crippen LogP contribution < -0.4 is 0 Å². The molecule has 9 heteroatoms. The molecule has 0 spiro atoms. The highest BCUT2D eigenvalue weighted by molar-refractivity contribution is 9.10. The molecule has 0 amide bonds. The van der Waals surface area contributed by atoms with E-state index in [0.29, 0.717) is 23.5 Å². The van der Waals surface area contributed by atoms with Crippen molar-refractivity contribution in [2.24, 2.45) is 0 Å². The van der Waals surface area contributed by atoms with Gasteiger partial charge < -0.3 is 4.98 Å². The van der Waals surface area contributed by atoms with Gasteiger partial charge in [-0.25, -0.2) is 4.98 Å². The van der Waals surface area contributed by atoms with Gasteiger partial charge in [-0.3, -0.25) is 0 Å². The molecular weight excluding hydrogens is 391 g/mol. The Bertz CT molecular complexity index is 872. The van der Waals surface area contributed by atoms with E-state index in [0.717, 1.165) is 10.5 Å². The lowest BCUT2D eigenvalue weighted by Crippen LogP contribution is -2.05. The summed E-state index contributed by atoms with van der Waals surface area (Å²) in [5, 5.41) is 0. The number of rotatable bonds is 2. The number of aromatic amines is 1. The Morgan fingerprint density at radius 1 is 0.909 bits per heavy atom. The van der Waals surface area contributed by atoms with Crippen LogP contribution in [-0.4, -0.2) is 9.97 Å². The summed E-state index contributed by atoms with van der Waals surface area (Å²) in [6.07, 6.45) is 0. The highest BCUT2D eigenvalue weighted by atomic mass is 79.9. The predicted molar refractivity (Wildman–Crippen MR) is 80.6 cm³/mol. The third-order valence-corrected chi connectivity index (χ3v) is 4.69. The van der Waals surface area contributed by atoms with Crippen LogP contribution >= 0.6 is 26.2 Å². The van der Waals surface area contributed by atoms with Crippen molar-refractivity contribution < 1.29 is 19.4 Å². The number of imidazole rings is 1. The van der Waals surface area contributed by atoms with Crippen LogP contribution in [0, 0.1) is 0 Å². The fourth-order valence-corrected chi connectivity index (χ4v) is 2.90. The average molecular weight is 399 g/mol. The van der Waals surface area contributed by atoms with Crippen LogP contribution in [0.2, 0.25) is 0 Å². The summed E-state index contributed by atoms with van der Waals surface area (Å²) >= 11 is 3.26. The van der Waals surface area contributed by atoms with Gasteiger partial charge in [0.05, 0.1) is 11.0 Å². The number of halogens is 6. The molecule has 0 aliphatic heterocycles. The van der Waals surface area contributed by atoms with Crippen molar-refractivity contribution in [2.75, 3.05) is 0 Å². The van der Waals surface area contributed by atoms with Gasteiger partial charge in [0.2, 0.25) is 0 Å². The zero-order valence-corrected chi connectivity index (χ0v) is 13.1. The number of hydrogen-bond acceptors (Lipinski definition) is 1. The molecule has 0 aliphatic carbocycles. The standard InChI is InChI=1S/C13H8BrF5N2S/c14-9-3-1-8(2-4-9)13-20-11-6-5-10(7-12(11)21-13)22(15,16,17,18)19/h1-7H,(H,20,21). The minimum absolute atomic E-state index is 0.0938. The maximum atomic E-state index is 12.8. The average Bonchev–Trinajstić information content (AvgIpc) is 2.79. The van der Waals surface area contributed by atoms with Crippen LogP contribution in [0.3, 0.4) is 0 Å². The summed E-state index contributed by atoms with van der Waals surface area (Å²) in [4.78, 5) is 4.82. The molecule has 3 aromatic rings. The van der Waals surface area contributed by atoms with E-state index in [1.54, 1.807) is 24.3 Å². The fraction of sp³-hybridized carbons (Fsp3) is 0. The monoisotopic (exact) mass is 398 g/mol. The van der Waals surface area contributed by atoms with Gasteiger partial charge in [0, 0.05) is 10.0 Å². The number of H-pyrrole nitrogens is 1. The minimum Gasteiger partial charge on any atom is -0.338 e. The highest BCUT2D eigenvalue weighted by Crippen LogP contribution is 3.02. The predicted octanol–water partition coefficient (Wildman–Crippen LogP) is 6.65. The summed E-state index contributed by atoms with van der Waals surface area (Å²) in [6, 6.07) is 8.56. The summed E-state index contributed by atoms with van der Waals surface area (Å²) in [6.45, 7) is 0. The first-order valence-corrected chi connectivity index (χ1v) is 8.67. The highest BCUT2D eigenvalue weighted by Gasteiger charge is 2.65. The molecule has 1 aromatic heterocycles. The molecule has 0 saturated carbocycles. The molecule has 1 heterocycles. The second-order valence-electron chi connectivity index (χ2n) is 4.74. The van der Waals surface area contributed by atoms with Crippen LogP contribution in [0.5, 0.6) is 0 Å². The number of aromatic nitrogens is 2. The Kier molecular flexibility index (Phi) is 2.79. The van der Waals surface area contributed by atoms with Gasteiger partial charge in [-0.2, -0.15) is 0 Å². The van der Waals surface area contributed by atoms with Crippen molar-refractivity contribution in [1.29, 1.82) is 0 Å². The van der Waals surface area contributed by atoms with Crippen molar-refractivity contribution in [1.82, 2.24) is 9.97 Å². The molecule has 1 N–H and O–H groups in total. The molecule has 0 fully saturated rings. The summed E-state index contributed by atoms with van der Waals surface area (Å²) < 4.78 is 64.9. The molecule has 3 rings (SSSR count). The lowest BCUT2D eigenvalue weighted by atomic mass is 10.2. The van der Waals surface area contributed by atoms with Crippen molar-refractivity contribution in [3.05, 3.63) is 46.9 Å². The molecular formula is C13H8BrF5N2S. The molecule has 0 radical (unpaired) electrons. The van der Waals surface area contributed by atoms with E-state index in [-0.39, 0.29) is 11.0 Å². The number of fused-ring (bicyclic) bond motifs is 1. The number of hydrogen-bond donors (Lipinski definition) is 1. The van der Waals surface area contributed by atoms with Crippen LogP contribution in [0.15, 0.2) is 51.8 Å². The van der Waals surface area contributed by atoms with Crippen LogP contribution in [0.4, 0.5) is 19.4 Å². The Morgan fingerprint density at radius 2 is 1.55 bits per heavy atom. The first-order valence-electron chi connectivity index (χ1n) is 5.92. The molecule has 0 unspecified atom stereocenters. The minimum atomic E-state index is -9.69. The van der Waals surface area contributed by atoms with Crippen LogP contribution in [0.1, 0.15) is 0 Å². The number of nitrogens with one attached hydrogen (secondary N) is 1. The van der Waals surface area contributed by atoms with E-state index in [4.69, 9.17) is 0 Å². The topological polar surface area (TPSA) is 28.7 Å². The zero-order chi connectivity index (χ0) is 16.2. The van der Waals surface area contributed by atoms with Gasteiger partial charge in [0.25, 0.3) is 0 Å². The quantitative estimate of drug-likeness (QED) is 0.481. The van der Waals surface area contributed by atoms with Gasteiger partial charge >= 0.3 is 10.2 Å². The van der Waals surface area contributed by atoms with Crippen molar-refractivity contribution in [3.8, 4) is 11.4 Å². The first kappa shape index (κ1) is 15.3. The van der Waals surface area contributed by atoms with Crippen LogP contribution in [-0.2, 0) is 0 Å². The number of nitrogens with zero attached hydrogens (tertiary/aromatic N) is 1. The van der Waals surface area contributed by atoms with E-state index in [1.807, 2.05) is 0 Å². The van der Waals surface area contributed by atoms with Gasteiger partial charge in [0.15, 0.2) is 0 Å². The van der Waals surface area contributed by atoms with E-state index in [9.17, 15) is 19.4 Å². The molecule has 2 aromatic carbocycles. The lowest BCUT2D eigenvalue weighted by Gasteiger charge is -2.40. The SMILES string of the molecule is FS(F)(F)(F)(F)c1ccc2nc(-c3ccc(Br)cc3)[nH]c2c1. The van der Waals surface area contributed by atoms with Crippen molar-refractivity contribution in [3.63, 3.8) is 0 Å². The molecule has 0 bridgehead atoms. The summed E-state index contributed by atoms with van der Waals surface area (Å²) in [7, 11) is -9.69. The third kappa shape index (κ3) is 2.95. The lowest BCUT2D eigenvalue weighted by molar-refractivity contribution is 0.364. The molecule has 2 nitrogen and oxygen atoms in total. The van der Waals surface area contributed by atoms with E-state index < -0.39 is 15.1 Å². The smallest absolute Gasteiger partial charge is 0.310 e. The summed E-state index contributed by atoms with van der Waals surface area (Å²) in [5.74, 6) is 0.307. The van der Waals surface area contributed by atoms with Crippen LogP contribution in [0.25, 0.3) is 22.4 Å². The largest absolute Gasteiger partial charge is 0.338 e. The fourth-order valence-electron chi connectivity index (χ4n) is 1.97. The first-order chi connectivity index (χ1) is 9.92. The molecule has 0 aliphatic rings. The van der Waals surface area contributed by atoms with E-state index >= 15 is 0 Å². The molecule has 0 saturated heterocycles. The van der Waals surface area contributed by atoms with Gasteiger partial charge in [-0.1, -0.05) is 47.5 Å². The van der Waals surface area contributed by atoms with E-state index in [2.05, 4.69) is 25.9 Å². The Labute approximate surface area is 130 Å². The second-order valence-corrected chi connectivity index (χ2v) is 8.07. The normalized spacial score (nSPS) is 15.5. The Hall–Kier alpha value is -1.61. The number of benzene rings is 2.